The molecule has 2 atom stereocenters. The Morgan fingerprint density at radius 1 is 1.12 bits per heavy atom. The maximum absolute atomic E-state index is 14.8. The van der Waals surface area contributed by atoms with Gasteiger partial charge in [-0.15, -0.1) is 5.10 Å². The fourth-order valence-electron chi connectivity index (χ4n) is 3.79. The molecule has 0 aliphatic heterocycles. The topological polar surface area (TPSA) is 104 Å². The van der Waals surface area contributed by atoms with Gasteiger partial charge in [-0.1, -0.05) is 11.6 Å². The van der Waals surface area contributed by atoms with Crippen LogP contribution in [0.5, 0.6) is 5.88 Å². The molecule has 2 unspecified atom stereocenters. The van der Waals surface area contributed by atoms with Gasteiger partial charge < -0.3 is 9.50 Å². The Bertz CT molecular complexity index is 1630. The van der Waals surface area contributed by atoms with Crippen molar-refractivity contribution in [3.63, 3.8) is 0 Å². The third-order valence-electron chi connectivity index (χ3n) is 5.97. The molecular formula is C22H18ClF9N6O3S. The monoisotopic (exact) mass is 652 g/mol. The first-order valence-electron chi connectivity index (χ1n) is 11.4. The smallest absolute Gasteiger partial charge is 0.383 e. The summed E-state index contributed by atoms with van der Waals surface area (Å²) in [6.07, 6.45) is -7.40. The molecular weight excluding hydrogens is 635 g/mol. The van der Waals surface area contributed by atoms with Gasteiger partial charge in [-0.2, -0.15) is 31.4 Å². The molecule has 1 aliphatic carbocycles. The van der Waals surface area contributed by atoms with E-state index >= 15 is 0 Å². The average Bonchev–Trinajstić information content (AvgIpc) is 3.39. The number of alkyl halides is 9. The Morgan fingerprint density at radius 2 is 1.74 bits per heavy atom. The van der Waals surface area contributed by atoms with Crippen molar-refractivity contribution in [2.75, 3.05) is 0 Å². The van der Waals surface area contributed by atoms with Gasteiger partial charge >= 0.3 is 23.3 Å². The van der Waals surface area contributed by atoms with Gasteiger partial charge in [0.25, 0.3) is 11.8 Å². The van der Waals surface area contributed by atoms with Crippen molar-refractivity contribution >= 4 is 33.2 Å². The van der Waals surface area contributed by atoms with Gasteiger partial charge in [0.1, 0.15) is 5.15 Å². The van der Waals surface area contributed by atoms with Crippen molar-refractivity contribution in [3.05, 3.63) is 40.9 Å². The Labute approximate surface area is 235 Å². The minimum Gasteiger partial charge on any atom is -0.383 e. The second-order valence-electron chi connectivity index (χ2n) is 9.29. The van der Waals surface area contributed by atoms with Gasteiger partial charge in [0.2, 0.25) is 0 Å². The second kappa shape index (κ2) is 10.1. The largest absolute Gasteiger partial charge is 0.443 e. The number of carbonyl (C=O) groups excluding carboxylic acids is 1. The first-order chi connectivity index (χ1) is 19.1. The maximum Gasteiger partial charge on any atom is 0.443 e. The Morgan fingerprint density at radius 3 is 2.26 bits per heavy atom. The molecule has 4 rings (SSSR count). The van der Waals surface area contributed by atoms with Crippen LogP contribution in [-0.4, -0.2) is 63.7 Å². The van der Waals surface area contributed by atoms with Crippen LogP contribution in [-0.2, 0) is 23.0 Å². The summed E-state index contributed by atoms with van der Waals surface area (Å²) in [5.74, 6) is -6.75. The number of nitrogens with one attached hydrogen (secondary N) is 1. The molecule has 230 valence electrons. The number of amides is 1. The molecule has 3 aromatic heterocycles. The minimum atomic E-state index is -6.59. The summed E-state index contributed by atoms with van der Waals surface area (Å²) in [5.41, 5.74) is -1.84. The summed E-state index contributed by atoms with van der Waals surface area (Å²) in [6.45, 7) is -0.582. The third-order valence-corrected chi connectivity index (χ3v) is 8.14. The number of aryl methyl sites for hydroxylation is 1. The SMILES string of the molecule is C=S(=O)(Oc1nn(C)c(-n2cc(-c3cnc(Cl)c(C(=O)NC4CC4)c3)cn2)c1C(F)(F)F)C(F)(C(C)(F)F)C(F)(F)F. The summed E-state index contributed by atoms with van der Waals surface area (Å²) in [7, 11) is -5.38. The number of pyridine rings is 1. The second-order valence-corrected chi connectivity index (χ2v) is 11.6. The highest BCUT2D eigenvalue weighted by atomic mass is 35.5. The van der Waals surface area contributed by atoms with Crippen molar-refractivity contribution in [2.24, 2.45) is 7.05 Å². The van der Waals surface area contributed by atoms with Crippen molar-refractivity contribution in [2.45, 2.75) is 49.1 Å². The van der Waals surface area contributed by atoms with Crippen LogP contribution in [0.2, 0.25) is 5.15 Å². The van der Waals surface area contributed by atoms with Crippen LogP contribution < -0.4 is 9.50 Å². The molecule has 1 amide bonds. The third kappa shape index (κ3) is 5.50. The molecule has 20 heteroatoms. The minimum absolute atomic E-state index is 0.0303. The van der Waals surface area contributed by atoms with E-state index in [4.69, 9.17) is 11.6 Å². The van der Waals surface area contributed by atoms with E-state index in [2.05, 4.69) is 30.6 Å². The number of carbonyl (C=O) groups is 1. The lowest BCUT2D eigenvalue weighted by Gasteiger charge is -2.34. The van der Waals surface area contributed by atoms with Crippen molar-refractivity contribution in [3.8, 4) is 22.8 Å². The molecule has 0 spiro atoms. The summed E-state index contributed by atoms with van der Waals surface area (Å²) in [6, 6.07) is 1.26. The highest BCUT2D eigenvalue weighted by Gasteiger charge is 2.76. The van der Waals surface area contributed by atoms with Crippen LogP contribution in [0.25, 0.3) is 16.9 Å². The fourth-order valence-corrected chi connectivity index (χ4v) is 5.36. The lowest BCUT2D eigenvalue weighted by atomic mass is 10.1. The maximum atomic E-state index is 14.8. The number of nitrogens with zero attached hydrogens (tertiary/aromatic N) is 5. The summed E-state index contributed by atoms with van der Waals surface area (Å²) in [4.78, 5) is 16.3. The van der Waals surface area contributed by atoms with Crippen LogP contribution in [0.15, 0.2) is 24.7 Å². The van der Waals surface area contributed by atoms with Crippen LogP contribution in [0, 0.1) is 0 Å². The highest BCUT2D eigenvalue weighted by molar-refractivity contribution is 7.97. The van der Waals surface area contributed by atoms with Gasteiger partial charge in [0.05, 0.1) is 11.8 Å². The van der Waals surface area contributed by atoms with E-state index in [-0.39, 0.29) is 27.9 Å². The van der Waals surface area contributed by atoms with E-state index in [1.807, 2.05) is 0 Å². The van der Waals surface area contributed by atoms with Gasteiger partial charge in [-0.05, 0) is 24.8 Å². The van der Waals surface area contributed by atoms with Gasteiger partial charge in [-0.3, -0.25) is 4.79 Å². The summed E-state index contributed by atoms with van der Waals surface area (Å²) < 4.78 is 143. The summed E-state index contributed by atoms with van der Waals surface area (Å²) >= 11 is 6.00. The molecule has 1 saturated carbocycles. The Hall–Kier alpha value is -3.48. The lowest BCUT2D eigenvalue weighted by Crippen LogP contribution is -2.60. The highest BCUT2D eigenvalue weighted by Crippen LogP contribution is 2.50. The van der Waals surface area contributed by atoms with E-state index < -0.39 is 63.2 Å². The van der Waals surface area contributed by atoms with Gasteiger partial charge in [0, 0.05) is 43.5 Å². The first-order valence-corrected chi connectivity index (χ1v) is 13.5. The standard InChI is InChI=1S/C22H18ClF9N6O3S/c1-19(24,25)21(29,22(30,31)32)42(3,40)41-17-14(20(26,27)28)18(37(2)36-17)38-9-11(8-34-38)10-6-13(15(23)33-7-10)16(39)35-12-4-5-12/h6-9,12H,3-5H2,1-2H3,(H,35,39). The van der Waals surface area contributed by atoms with Crippen LogP contribution in [0.4, 0.5) is 39.5 Å². The zero-order valence-corrected chi connectivity index (χ0v) is 22.7. The molecule has 0 aromatic carbocycles. The Balaban J connectivity index is 1.78. The molecule has 1 fully saturated rings. The number of rotatable bonds is 8. The molecule has 0 radical (unpaired) electrons. The molecule has 3 heterocycles. The molecule has 1 aliphatic rings. The fraction of sp³-hybridized carbons (Fsp3) is 0.409. The van der Waals surface area contributed by atoms with Gasteiger partial charge in [-0.25, -0.2) is 31.7 Å². The van der Waals surface area contributed by atoms with Gasteiger partial charge in [0.15, 0.2) is 21.2 Å². The van der Waals surface area contributed by atoms with E-state index in [0.717, 1.165) is 32.3 Å². The van der Waals surface area contributed by atoms with Crippen LogP contribution in [0.3, 0.4) is 0 Å². The van der Waals surface area contributed by atoms with Crippen molar-refractivity contribution in [1.29, 1.82) is 0 Å². The van der Waals surface area contributed by atoms with Crippen molar-refractivity contribution in [1.82, 2.24) is 29.9 Å². The van der Waals surface area contributed by atoms with E-state index in [1.165, 1.54) is 12.3 Å². The zero-order valence-electron chi connectivity index (χ0n) is 21.2. The first kappa shape index (κ1) is 31.5. The molecule has 42 heavy (non-hydrogen) atoms. The zero-order chi connectivity index (χ0) is 31.6. The predicted molar refractivity (Wildman–Crippen MR) is 130 cm³/mol. The summed E-state index contributed by atoms with van der Waals surface area (Å²) in [5, 5.41) is 3.52. The predicted octanol–water partition coefficient (Wildman–Crippen LogP) is 5.13. The van der Waals surface area contributed by atoms with E-state index in [0.29, 0.717) is 9.36 Å². The number of halogens is 10. The van der Waals surface area contributed by atoms with Crippen molar-refractivity contribution < 1.29 is 52.7 Å². The quantitative estimate of drug-likeness (QED) is 0.206. The van der Waals surface area contributed by atoms with E-state index in [1.54, 1.807) is 0 Å². The van der Waals surface area contributed by atoms with Crippen LogP contribution >= 0.6 is 11.6 Å². The van der Waals surface area contributed by atoms with E-state index in [9.17, 15) is 48.5 Å². The lowest BCUT2D eigenvalue weighted by molar-refractivity contribution is -0.260. The van der Waals surface area contributed by atoms with Crippen LogP contribution in [0.1, 0.15) is 35.7 Å². The number of hydrogen-bond acceptors (Lipinski definition) is 6. The molecule has 3 aromatic rings. The molecule has 0 bridgehead atoms. The Kier molecular flexibility index (Phi) is 7.54. The molecule has 1 N–H and O–H groups in total. The number of hydrogen-bond donors (Lipinski definition) is 1. The average molecular weight is 653 g/mol. The molecule has 0 saturated heterocycles. The molecule has 9 nitrogen and oxygen atoms in total. The number of aromatic nitrogens is 5. The normalized spacial score (nSPS) is 17.4.